The van der Waals surface area contributed by atoms with Crippen molar-refractivity contribution in [3.8, 4) is 17.2 Å². The van der Waals surface area contributed by atoms with E-state index in [-0.39, 0.29) is 18.9 Å². The minimum Gasteiger partial charge on any atom is -0.497 e. The molecule has 12 nitrogen and oxygen atoms in total. The molecule has 4 N–H and O–H groups in total. The summed E-state index contributed by atoms with van der Waals surface area (Å²) in [5, 5.41) is 5.88. The fraction of sp³-hybridized carbons (Fsp3) is 0.234. The van der Waals surface area contributed by atoms with Crippen LogP contribution in [0.25, 0.3) is 12.2 Å². The highest BCUT2D eigenvalue weighted by molar-refractivity contribution is 5.94. The minimum atomic E-state index is -2.09. The van der Waals surface area contributed by atoms with Crippen LogP contribution in [0.15, 0.2) is 133 Å². The van der Waals surface area contributed by atoms with Crippen LogP contribution >= 0.6 is 0 Å². The molecule has 1 unspecified atom stereocenters. The van der Waals surface area contributed by atoms with E-state index in [2.05, 4.69) is 10.6 Å². The highest BCUT2D eigenvalue weighted by Crippen LogP contribution is 2.40. The van der Waals surface area contributed by atoms with Crippen molar-refractivity contribution in [3.05, 3.63) is 161 Å². The van der Waals surface area contributed by atoms with E-state index in [1.54, 1.807) is 65.3 Å². The first-order valence-corrected chi connectivity index (χ1v) is 18.9. The normalized spacial score (nSPS) is 12.4. The van der Waals surface area contributed by atoms with Gasteiger partial charge in [0.05, 0.1) is 27.2 Å². The van der Waals surface area contributed by atoms with E-state index in [1.807, 2.05) is 115 Å². The zero-order valence-electron chi connectivity index (χ0n) is 33.7. The van der Waals surface area contributed by atoms with E-state index in [0.717, 1.165) is 27.8 Å². The molecule has 5 aromatic carbocycles. The van der Waals surface area contributed by atoms with Gasteiger partial charge in [0.25, 0.3) is 5.91 Å². The van der Waals surface area contributed by atoms with Crippen LogP contribution in [0, 0.1) is 5.41 Å². The Morgan fingerprint density at radius 2 is 1.14 bits per heavy atom. The van der Waals surface area contributed by atoms with Crippen LogP contribution in [0.5, 0.6) is 17.2 Å². The number of nitrogens with two attached hydrogens (primary N) is 1. The Bertz CT molecular complexity index is 2100. The summed E-state index contributed by atoms with van der Waals surface area (Å²) in [4.78, 5) is 53.6. The quantitative estimate of drug-likeness (QED) is 0.0296. The van der Waals surface area contributed by atoms with Gasteiger partial charge in [-0.2, -0.15) is 0 Å². The van der Waals surface area contributed by atoms with E-state index in [4.69, 9.17) is 29.4 Å². The van der Waals surface area contributed by atoms with Gasteiger partial charge in [-0.3, -0.25) is 9.59 Å². The Morgan fingerprint density at radius 3 is 1.59 bits per heavy atom. The number of nitrogens with one attached hydrogen (secondary N) is 2. The number of methoxy groups -OCH3 is 2. The third-order valence-electron chi connectivity index (χ3n) is 9.74. The molecule has 0 saturated carbocycles. The number of hydrogen-bond acceptors (Lipinski definition) is 9. The second-order valence-corrected chi connectivity index (χ2v) is 14.6. The highest BCUT2D eigenvalue weighted by Gasteiger charge is 2.54. The first-order chi connectivity index (χ1) is 28.3. The largest absolute Gasteiger partial charge is 0.513 e. The molecular formula is C47H49N3O9. The maximum atomic E-state index is 14.5. The zero-order chi connectivity index (χ0) is 42.5. The van der Waals surface area contributed by atoms with Crippen LogP contribution in [-0.2, 0) is 24.6 Å². The van der Waals surface area contributed by atoms with E-state index in [9.17, 15) is 19.2 Å². The summed E-state index contributed by atoms with van der Waals surface area (Å²) in [6.07, 6.45) is 0.937. The first kappa shape index (κ1) is 43.1. The fourth-order valence-electron chi connectivity index (χ4n) is 6.69. The van der Waals surface area contributed by atoms with Crippen molar-refractivity contribution < 1.29 is 42.9 Å². The summed E-state index contributed by atoms with van der Waals surface area (Å²) in [7, 11) is 3.17. The van der Waals surface area contributed by atoms with Crippen molar-refractivity contribution in [2.45, 2.75) is 38.3 Å². The lowest BCUT2D eigenvalue weighted by Gasteiger charge is -2.43. The molecule has 0 fully saturated rings. The molecule has 3 amide bonds. The number of amides is 3. The molecule has 0 aromatic heterocycles. The summed E-state index contributed by atoms with van der Waals surface area (Å²) >= 11 is 0. The Morgan fingerprint density at radius 1 is 0.644 bits per heavy atom. The topological polar surface area (TPSA) is 165 Å². The van der Waals surface area contributed by atoms with Gasteiger partial charge in [0.1, 0.15) is 29.4 Å². The molecule has 5 rings (SSSR count). The van der Waals surface area contributed by atoms with Gasteiger partial charge < -0.3 is 40.1 Å². The third-order valence-corrected chi connectivity index (χ3v) is 9.74. The molecule has 0 saturated heterocycles. The molecule has 0 heterocycles. The standard InChI is InChI=1S/C47H49N3O9/c1-45(2,3)46(59-43(48)53,32-41(51)50-47(35-15-9-6-10-16-35,36-17-11-7-12-18-36)37-19-13-8-14-20-37)42(52)49-27-28-57-44(54)58-38-25-23-33(24-26-38)21-22-34-29-39(55-4)31-40(30-34)56-5/h6-26,29-31H,27-28,32H2,1-5H3,(H2,48,53)(H,49,52)(H,50,51). The van der Waals surface area contributed by atoms with Crippen molar-refractivity contribution >= 4 is 36.2 Å². The number of primary amides is 1. The molecule has 0 aliphatic carbocycles. The van der Waals surface area contributed by atoms with E-state index in [0.29, 0.717) is 11.5 Å². The molecule has 0 spiro atoms. The molecule has 0 radical (unpaired) electrons. The van der Waals surface area contributed by atoms with Gasteiger partial charge in [0, 0.05) is 11.5 Å². The van der Waals surface area contributed by atoms with Gasteiger partial charge >= 0.3 is 12.2 Å². The monoisotopic (exact) mass is 799 g/mol. The second-order valence-electron chi connectivity index (χ2n) is 14.6. The molecular weight excluding hydrogens is 751 g/mol. The van der Waals surface area contributed by atoms with Crippen molar-refractivity contribution in [3.63, 3.8) is 0 Å². The van der Waals surface area contributed by atoms with E-state index >= 15 is 0 Å². The summed E-state index contributed by atoms with van der Waals surface area (Å²) in [6.45, 7) is 4.49. The lowest BCUT2D eigenvalue weighted by Crippen LogP contribution is -2.61. The number of rotatable bonds is 16. The highest BCUT2D eigenvalue weighted by atomic mass is 16.7. The van der Waals surface area contributed by atoms with Crippen molar-refractivity contribution in [2.75, 3.05) is 27.4 Å². The van der Waals surface area contributed by atoms with Crippen molar-refractivity contribution in [1.29, 1.82) is 0 Å². The predicted molar refractivity (Wildman–Crippen MR) is 225 cm³/mol. The van der Waals surface area contributed by atoms with Gasteiger partial charge in [0.15, 0.2) is 0 Å². The summed E-state index contributed by atoms with van der Waals surface area (Å²) in [5.41, 5.74) is 5.11. The Kier molecular flexibility index (Phi) is 14.1. The van der Waals surface area contributed by atoms with Gasteiger partial charge in [-0.15, -0.1) is 0 Å². The van der Waals surface area contributed by atoms with Gasteiger partial charge in [-0.1, -0.05) is 136 Å². The number of ether oxygens (including phenoxy) is 5. The molecule has 1 atom stereocenters. The first-order valence-electron chi connectivity index (χ1n) is 18.9. The molecule has 5 aromatic rings. The van der Waals surface area contributed by atoms with Crippen LogP contribution in [0.1, 0.15) is 55.0 Å². The summed E-state index contributed by atoms with van der Waals surface area (Å²) in [5.74, 6) is 0.153. The Hall–Kier alpha value is -7.08. The lowest BCUT2D eigenvalue weighted by molar-refractivity contribution is -0.158. The predicted octanol–water partition coefficient (Wildman–Crippen LogP) is 7.88. The number of carbonyl (C=O) groups excluding carboxylic acids is 4. The fourth-order valence-corrected chi connectivity index (χ4v) is 6.69. The average molecular weight is 800 g/mol. The number of carbonyl (C=O) groups is 4. The maximum absolute atomic E-state index is 14.5. The Labute approximate surface area is 344 Å². The number of benzene rings is 5. The van der Waals surface area contributed by atoms with E-state index < -0.39 is 47.0 Å². The van der Waals surface area contributed by atoms with Crippen LogP contribution in [-0.4, -0.2) is 57.0 Å². The molecule has 0 aliphatic heterocycles. The van der Waals surface area contributed by atoms with Crippen LogP contribution in [0.4, 0.5) is 9.59 Å². The summed E-state index contributed by atoms with van der Waals surface area (Å²) < 4.78 is 26.8. The second kappa shape index (κ2) is 19.4. The van der Waals surface area contributed by atoms with Crippen LogP contribution in [0.2, 0.25) is 0 Å². The SMILES string of the molecule is COc1cc(C=Cc2ccc(OC(=O)OCCNC(=O)C(CC(=O)NC(c3ccccc3)(c3ccccc3)c3ccccc3)(OC(N)=O)C(C)(C)C)cc2)cc(OC)c1. The van der Waals surface area contributed by atoms with Crippen LogP contribution < -0.4 is 30.6 Å². The van der Waals surface area contributed by atoms with Crippen molar-refractivity contribution in [2.24, 2.45) is 11.1 Å². The molecule has 12 heteroatoms. The average Bonchev–Trinajstić information content (AvgIpc) is 3.24. The smallest absolute Gasteiger partial charge is 0.497 e. The molecule has 0 bridgehead atoms. The Balaban J connectivity index is 1.27. The minimum absolute atomic E-state index is 0.198. The third kappa shape index (κ3) is 10.7. The van der Waals surface area contributed by atoms with Gasteiger partial charge in [0.2, 0.25) is 11.5 Å². The zero-order valence-corrected chi connectivity index (χ0v) is 33.7. The van der Waals surface area contributed by atoms with Crippen LogP contribution in [0.3, 0.4) is 0 Å². The lowest BCUT2D eigenvalue weighted by atomic mass is 9.72. The molecule has 306 valence electrons. The number of hydrogen-bond donors (Lipinski definition) is 3. The summed E-state index contributed by atoms with van der Waals surface area (Å²) in [6, 6.07) is 40.6. The van der Waals surface area contributed by atoms with Gasteiger partial charge in [-0.05, 0) is 52.1 Å². The van der Waals surface area contributed by atoms with Crippen molar-refractivity contribution in [1.82, 2.24) is 10.6 Å². The van der Waals surface area contributed by atoms with Gasteiger partial charge in [-0.25, -0.2) is 9.59 Å². The molecule has 59 heavy (non-hydrogen) atoms. The molecule has 0 aliphatic rings. The maximum Gasteiger partial charge on any atom is 0.513 e. The van der Waals surface area contributed by atoms with E-state index in [1.165, 1.54) is 0 Å².